The second-order valence-corrected chi connectivity index (χ2v) is 3.60. The molecular formula is C10H8BrNO. The number of benzene rings is 1. The van der Waals surface area contributed by atoms with Gasteiger partial charge in [-0.3, -0.25) is 0 Å². The van der Waals surface area contributed by atoms with Crippen LogP contribution < -0.4 is 4.74 Å². The molecule has 0 spiro atoms. The molecule has 0 unspecified atom stereocenters. The first-order chi connectivity index (χ1) is 6.31. The van der Waals surface area contributed by atoms with E-state index in [1.165, 1.54) is 0 Å². The van der Waals surface area contributed by atoms with Gasteiger partial charge in [-0.25, -0.2) is 4.98 Å². The predicted molar refractivity (Wildman–Crippen MR) is 56.0 cm³/mol. The lowest BCUT2D eigenvalue weighted by atomic mass is 10.2. The van der Waals surface area contributed by atoms with Crippen molar-refractivity contribution in [3.8, 4) is 5.88 Å². The number of nitrogens with zero attached hydrogens (tertiary/aromatic N) is 1. The SMILES string of the molecule is COc1nccc2cc(Br)ccc12. The summed E-state index contributed by atoms with van der Waals surface area (Å²) >= 11 is 3.42. The normalized spacial score (nSPS) is 10.3. The first-order valence-electron chi connectivity index (χ1n) is 3.89. The first-order valence-corrected chi connectivity index (χ1v) is 4.69. The third-order valence-corrected chi connectivity index (χ3v) is 2.38. The van der Waals surface area contributed by atoms with Crippen LogP contribution in [0.5, 0.6) is 5.88 Å². The highest BCUT2D eigenvalue weighted by atomic mass is 79.9. The monoisotopic (exact) mass is 237 g/mol. The van der Waals surface area contributed by atoms with Gasteiger partial charge in [0, 0.05) is 16.1 Å². The van der Waals surface area contributed by atoms with Crippen molar-refractivity contribution in [2.45, 2.75) is 0 Å². The van der Waals surface area contributed by atoms with Gasteiger partial charge in [0.25, 0.3) is 0 Å². The number of halogens is 1. The summed E-state index contributed by atoms with van der Waals surface area (Å²) in [4.78, 5) is 4.12. The molecular weight excluding hydrogens is 230 g/mol. The van der Waals surface area contributed by atoms with Crippen molar-refractivity contribution in [2.75, 3.05) is 7.11 Å². The van der Waals surface area contributed by atoms with Crippen LogP contribution in [0.15, 0.2) is 34.9 Å². The molecule has 0 aliphatic carbocycles. The van der Waals surface area contributed by atoms with Crippen LogP contribution in [0.4, 0.5) is 0 Å². The van der Waals surface area contributed by atoms with Crippen molar-refractivity contribution in [1.82, 2.24) is 4.98 Å². The van der Waals surface area contributed by atoms with Gasteiger partial charge in [0.2, 0.25) is 5.88 Å². The van der Waals surface area contributed by atoms with Crippen molar-refractivity contribution in [3.63, 3.8) is 0 Å². The maximum absolute atomic E-state index is 5.14. The number of pyridine rings is 1. The summed E-state index contributed by atoms with van der Waals surface area (Å²) < 4.78 is 6.20. The molecule has 0 saturated carbocycles. The van der Waals surface area contributed by atoms with E-state index in [-0.39, 0.29) is 0 Å². The fourth-order valence-corrected chi connectivity index (χ4v) is 1.66. The van der Waals surface area contributed by atoms with Crippen molar-refractivity contribution in [3.05, 3.63) is 34.9 Å². The van der Waals surface area contributed by atoms with Crippen LogP contribution in [0.1, 0.15) is 0 Å². The zero-order chi connectivity index (χ0) is 9.26. The Bertz CT molecular complexity index is 442. The maximum atomic E-state index is 5.14. The van der Waals surface area contributed by atoms with E-state index >= 15 is 0 Å². The second-order valence-electron chi connectivity index (χ2n) is 2.69. The Kier molecular flexibility index (Phi) is 2.19. The number of ether oxygens (including phenoxy) is 1. The molecule has 0 N–H and O–H groups in total. The quantitative estimate of drug-likeness (QED) is 0.761. The number of fused-ring (bicyclic) bond motifs is 1. The fourth-order valence-electron chi connectivity index (χ4n) is 1.28. The van der Waals surface area contributed by atoms with Gasteiger partial charge in [0.05, 0.1) is 7.11 Å². The summed E-state index contributed by atoms with van der Waals surface area (Å²) in [5.74, 6) is 0.671. The Morgan fingerprint density at radius 2 is 2.15 bits per heavy atom. The molecule has 0 aliphatic rings. The van der Waals surface area contributed by atoms with Crippen LogP contribution in [0.3, 0.4) is 0 Å². The van der Waals surface area contributed by atoms with Crippen LogP contribution in [0, 0.1) is 0 Å². The van der Waals surface area contributed by atoms with Crippen molar-refractivity contribution < 1.29 is 4.74 Å². The van der Waals surface area contributed by atoms with Gasteiger partial charge in [-0.05, 0) is 29.7 Å². The smallest absolute Gasteiger partial charge is 0.221 e. The highest BCUT2D eigenvalue weighted by molar-refractivity contribution is 9.10. The van der Waals surface area contributed by atoms with E-state index in [0.29, 0.717) is 5.88 Å². The van der Waals surface area contributed by atoms with Gasteiger partial charge in [-0.1, -0.05) is 15.9 Å². The average Bonchev–Trinajstić information content (AvgIpc) is 2.16. The molecule has 13 heavy (non-hydrogen) atoms. The van der Waals surface area contributed by atoms with Gasteiger partial charge in [-0.2, -0.15) is 0 Å². The largest absolute Gasteiger partial charge is 0.481 e. The standard InChI is InChI=1S/C10H8BrNO/c1-13-10-9-3-2-8(11)6-7(9)4-5-12-10/h2-6H,1H3. The molecule has 0 radical (unpaired) electrons. The summed E-state index contributed by atoms with van der Waals surface area (Å²) in [6.07, 6.45) is 1.74. The minimum atomic E-state index is 0.671. The van der Waals surface area contributed by atoms with Crippen LogP contribution >= 0.6 is 15.9 Å². The molecule has 0 fully saturated rings. The summed E-state index contributed by atoms with van der Waals surface area (Å²) in [6, 6.07) is 7.97. The molecule has 0 bridgehead atoms. The number of hydrogen-bond donors (Lipinski definition) is 0. The highest BCUT2D eigenvalue weighted by Gasteiger charge is 2.01. The molecule has 0 atom stereocenters. The Hall–Kier alpha value is -1.09. The number of aromatic nitrogens is 1. The van der Waals surface area contributed by atoms with Gasteiger partial charge < -0.3 is 4.74 Å². The molecule has 2 nitrogen and oxygen atoms in total. The zero-order valence-corrected chi connectivity index (χ0v) is 8.71. The second kappa shape index (κ2) is 3.34. The average molecular weight is 238 g/mol. The molecule has 2 aromatic rings. The molecule has 0 saturated heterocycles. The Morgan fingerprint density at radius 3 is 2.92 bits per heavy atom. The Balaban J connectivity index is 2.77. The van der Waals surface area contributed by atoms with Crippen molar-refractivity contribution in [2.24, 2.45) is 0 Å². The van der Waals surface area contributed by atoms with E-state index in [9.17, 15) is 0 Å². The van der Waals surface area contributed by atoms with Crippen LogP contribution in [0.25, 0.3) is 10.8 Å². The van der Waals surface area contributed by atoms with E-state index in [1.54, 1.807) is 13.3 Å². The molecule has 1 heterocycles. The summed E-state index contributed by atoms with van der Waals surface area (Å²) in [6.45, 7) is 0. The van der Waals surface area contributed by atoms with Gasteiger partial charge in [0.15, 0.2) is 0 Å². The van der Waals surface area contributed by atoms with E-state index in [1.807, 2.05) is 24.3 Å². The van der Waals surface area contributed by atoms with E-state index in [0.717, 1.165) is 15.2 Å². The molecule has 1 aromatic heterocycles. The predicted octanol–water partition coefficient (Wildman–Crippen LogP) is 3.01. The molecule has 3 heteroatoms. The van der Waals surface area contributed by atoms with E-state index < -0.39 is 0 Å². The molecule has 0 amide bonds. The van der Waals surface area contributed by atoms with Crippen molar-refractivity contribution in [1.29, 1.82) is 0 Å². The third-order valence-electron chi connectivity index (χ3n) is 1.88. The molecule has 66 valence electrons. The third kappa shape index (κ3) is 1.52. The summed E-state index contributed by atoms with van der Waals surface area (Å²) in [5.41, 5.74) is 0. The maximum Gasteiger partial charge on any atom is 0.221 e. The number of hydrogen-bond acceptors (Lipinski definition) is 2. The lowest BCUT2D eigenvalue weighted by Crippen LogP contribution is -1.87. The minimum Gasteiger partial charge on any atom is -0.481 e. The lowest BCUT2D eigenvalue weighted by molar-refractivity contribution is 0.403. The molecule has 2 rings (SSSR count). The minimum absolute atomic E-state index is 0.671. The van der Waals surface area contributed by atoms with Gasteiger partial charge in [-0.15, -0.1) is 0 Å². The van der Waals surface area contributed by atoms with E-state index in [2.05, 4.69) is 20.9 Å². The van der Waals surface area contributed by atoms with Crippen LogP contribution in [-0.4, -0.2) is 12.1 Å². The van der Waals surface area contributed by atoms with Crippen LogP contribution in [-0.2, 0) is 0 Å². The van der Waals surface area contributed by atoms with Gasteiger partial charge >= 0.3 is 0 Å². The van der Waals surface area contributed by atoms with Gasteiger partial charge in [0.1, 0.15) is 0 Å². The Morgan fingerprint density at radius 1 is 1.31 bits per heavy atom. The summed E-state index contributed by atoms with van der Waals surface area (Å²) in [7, 11) is 1.63. The fraction of sp³-hybridized carbons (Fsp3) is 0.100. The van der Waals surface area contributed by atoms with Crippen molar-refractivity contribution >= 4 is 26.7 Å². The molecule has 1 aromatic carbocycles. The highest BCUT2D eigenvalue weighted by Crippen LogP contribution is 2.25. The first kappa shape index (κ1) is 8.51. The number of rotatable bonds is 1. The Labute approximate surface area is 84.7 Å². The van der Waals surface area contributed by atoms with Crippen LogP contribution in [0.2, 0.25) is 0 Å². The van der Waals surface area contributed by atoms with E-state index in [4.69, 9.17) is 4.74 Å². The zero-order valence-electron chi connectivity index (χ0n) is 7.12. The summed E-state index contributed by atoms with van der Waals surface area (Å²) in [5, 5.41) is 2.16. The topological polar surface area (TPSA) is 22.1 Å². The lowest BCUT2D eigenvalue weighted by Gasteiger charge is -2.03. The molecule has 0 aliphatic heterocycles. The number of methoxy groups -OCH3 is 1.